The summed E-state index contributed by atoms with van der Waals surface area (Å²) in [5, 5.41) is 23.7. The van der Waals surface area contributed by atoms with Gasteiger partial charge in [0.15, 0.2) is 21.7 Å². The number of carbonyl (C=O) groups is 2. The Labute approximate surface area is 352 Å². The molecule has 1 amide bonds. The first-order valence-electron chi connectivity index (χ1n) is 18.9. The predicted molar refractivity (Wildman–Crippen MR) is 232 cm³/mol. The van der Waals surface area contributed by atoms with Crippen LogP contribution in [0, 0.1) is 6.92 Å². The van der Waals surface area contributed by atoms with Gasteiger partial charge in [0, 0.05) is 71.5 Å². The average molecular weight is 842 g/mol. The molecule has 0 atom stereocenters. The lowest BCUT2D eigenvalue weighted by Crippen LogP contribution is -2.29. The highest BCUT2D eigenvalue weighted by molar-refractivity contribution is 7.80. The number of anilines is 3. The summed E-state index contributed by atoms with van der Waals surface area (Å²) in [6, 6.07) is 22.5. The summed E-state index contributed by atoms with van der Waals surface area (Å²) in [5.41, 5.74) is 11.8. The van der Waals surface area contributed by atoms with E-state index in [1.165, 1.54) is 24.4 Å². The van der Waals surface area contributed by atoms with Gasteiger partial charge in [-0.05, 0) is 104 Å². The maximum absolute atomic E-state index is 12.7. The van der Waals surface area contributed by atoms with E-state index in [0.717, 1.165) is 39.0 Å². The fourth-order valence-corrected chi connectivity index (χ4v) is 6.76. The fraction of sp³-hybridized carbons (Fsp3) is 0.186. The van der Waals surface area contributed by atoms with Crippen LogP contribution in [-0.4, -0.2) is 61.1 Å². The lowest BCUT2D eigenvalue weighted by Gasteiger charge is -2.18. The molecule has 3 heterocycles. The van der Waals surface area contributed by atoms with E-state index in [9.17, 15) is 24.3 Å². The number of Topliss-reactive ketones (excluding diaryl/α,β-unsaturated/α-hetero) is 1. The van der Waals surface area contributed by atoms with Gasteiger partial charge in [-0.3, -0.25) is 24.2 Å². The third-order valence-corrected chi connectivity index (χ3v) is 9.62. The Kier molecular flexibility index (Phi) is 13.9. The Hall–Kier alpha value is -7.82. The smallest absolute Gasteiger partial charge is 0.373 e. The van der Waals surface area contributed by atoms with Crippen molar-refractivity contribution in [1.82, 2.24) is 30.6 Å². The number of H-pyrrole nitrogens is 1. The van der Waals surface area contributed by atoms with Crippen molar-refractivity contribution in [2.45, 2.75) is 39.2 Å². The van der Waals surface area contributed by atoms with Crippen molar-refractivity contribution >= 4 is 74.6 Å². The van der Waals surface area contributed by atoms with Gasteiger partial charge in [-0.25, -0.2) is 9.97 Å². The number of nitrogen functional groups attached to an aromatic ring is 1. The molecule has 2 aliphatic rings. The summed E-state index contributed by atoms with van der Waals surface area (Å²) >= 11 is 5.51. The number of ketones is 1. The molecule has 1 aliphatic heterocycles. The largest absolute Gasteiger partial charge is 0.508 e. The number of hydrogen-bond acceptors (Lipinski definition) is 14. The normalized spacial score (nSPS) is 10.7. The molecule has 0 spiro atoms. The van der Waals surface area contributed by atoms with Crippen LogP contribution < -0.4 is 38.0 Å². The minimum absolute atomic E-state index is 0.0271. The summed E-state index contributed by atoms with van der Waals surface area (Å²) in [6.45, 7) is 3.17. The van der Waals surface area contributed by atoms with Crippen LogP contribution in [-0.2, 0) is 20.9 Å². The molecule has 0 saturated carbocycles. The first kappa shape index (κ1) is 42.8. The number of rotatable bonds is 14. The third-order valence-electron chi connectivity index (χ3n) is 9.37. The molecule has 17 nitrogen and oxygen atoms in total. The number of benzene rings is 4. The molecular formula is C43H39N9O8S. The molecule has 61 heavy (non-hydrogen) atoms. The van der Waals surface area contributed by atoms with Crippen LogP contribution in [0.5, 0.6) is 5.75 Å². The van der Waals surface area contributed by atoms with Gasteiger partial charge < -0.3 is 36.5 Å². The number of phenolic OH excluding ortho intramolecular Hbond substituents is 1. The second kappa shape index (κ2) is 19.8. The summed E-state index contributed by atoms with van der Waals surface area (Å²) < 4.78 is 5.98. The van der Waals surface area contributed by atoms with Crippen LogP contribution in [0.3, 0.4) is 0 Å². The number of aromatic amines is 1. The lowest BCUT2D eigenvalue weighted by molar-refractivity contribution is -0.191. The van der Waals surface area contributed by atoms with E-state index in [1.807, 2.05) is 25.1 Å². The summed E-state index contributed by atoms with van der Waals surface area (Å²) in [4.78, 5) is 80.4. The van der Waals surface area contributed by atoms with Crippen LogP contribution in [0.1, 0.15) is 47.3 Å². The Morgan fingerprint density at radius 2 is 1.59 bits per heavy atom. The van der Waals surface area contributed by atoms with Crippen molar-refractivity contribution < 1.29 is 28.7 Å². The van der Waals surface area contributed by atoms with Gasteiger partial charge in [0.05, 0.1) is 18.4 Å². The third kappa shape index (κ3) is 11.0. The Morgan fingerprint density at radius 3 is 2.33 bits per heavy atom. The Balaban J connectivity index is 0.00000201. The number of nitrogens with two attached hydrogens (primary N) is 1. The van der Waals surface area contributed by atoms with Gasteiger partial charge in [0.25, 0.3) is 11.5 Å². The van der Waals surface area contributed by atoms with Crippen molar-refractivity contribution in [3.8, 4) is 28.2 Å². The molecule has 2 aromatic heterocycles. The van der Waals surface area contributed by atoms with Crippen molar-refractivity contribution in [2.75, 3.05) is 29.5 Å². The number of aromatic hydroxyl groups is 1. The summed E-state index contributed by atoms with van der Waals surface area (Å²) in [6.07, 6.45) is 3.62. The van der Waals surface area contributed by atoms with E-state index >= 15 is 0 Å². The van der Waals surface area contributed by atoms with E-state index in [-0.39, 0.29) is 46.1 Å². The monoisotopic (exact) mass is 841 g/mol. The zero-order valence-electron chi connectivity index (χ0n) is 32.7. The summed E-state index contributed by atoms with van der Waals surface area (Å²) in [5.74, 6) is 0.341. The first-order chi connectivity index (χ1) is 29.4. The highest BCUT2D eigenvalue weighted by Crippen LogP contribution is 2.42. The minimum Gasteiger partial charge on any atom is -0.508 e. The maximum atomic E-state index is 12.7. The van der Waals surface area contributed by atoms with E-state index in [4.69, 9.17) is 32.0 Å². The minimum atomic E-state index is -0.465. The molecular weight excluding hydrogens is 803 g/mol. The highest BCUT2D eigenvalue weighted by atomic mass is 32.1. The zero-order chi connectivity index (χ0) is 43.5. The SMILES string of the molecule is Cc1cc(NC(=S)NCCCC(=O)CCCNC(=O)c2ccc(NCc3cnc4nc(N)[nH]c(=O)c4n3)cc2)ccc1-c1c2ccc(=O)cc-2oc2cc(O)ccc12.O=C=O. The van der Waals surface area contributed by atoms with E-state index < -0.39 is 5.56 Å². The van der Waals surface area contributed by atoms with Gasteiger partial charge in [0.2, 0.25) is 5.95 Å². The molecule has 5 aromatic rings. The van der Waals surface area contributed by atoms with E-state index in [2.05, 4.69) is 41.2 Å². The molecule has 0 fully saturated rings. The Morgan fingerprint density at radius 1 is 0.885 bits per heavy atom. The molecule has 0 saturated heterocycles. The van der Waals surface area contributed by atoms with Crippen LogP contribution in [0.25, 0.3) is 44.6 Å². The molecule has 18 heteroatoms. The van der Waals surface area contributed by atoms with Crippen LogP contribution in [0.15, 0.2) is 99.1 Å². The van der Waals surface area contributed by atoms with Crippen LogP contribution in [0.2, 0.25) is 0 Å². The number of nitrogens with zero attached hydrogens (tertiary/aromatic N) is 3. The lowest BCUT2D eigenvalue weighted by atomic mass is 9.91. The topological polar surface area (TPSA) is 264 Å². The van der Waals surface area contributed by atoms with E-state index in [1.54, 1.807) is 42.5 Å². The number of hydrogen-bond donors (Lipinski definition) is 7. The van der Waals surface area contributed by atoms with Crippen molar-refractivity contribution in [3.05, 3.63) is 122 Å². The van der Waals surface area contributed by atoms with E-state index in [0.29, 0.717) is 73.0 Å². The van der Waals surface area contributed by atoms with Gasteiger partial charge in [-0.1, -0.05) is 6.07 Å². The van der Waals surface area contributed by atoms with Crippen molar-refractivity contribution in [1.29, 1.82) is 0 Å². The second-order valence-corrected chi connectivity index (χ2v) is 14.1. The first-order valence-corrected chi connectivity index (χ1v) is 19.3. The average Bonchev–Trinajstić information content (AvgIpc) is 3.23. The molecule has 1 aliphatic carbocycles. The summed E-state index contributed by atoms with van der Waals surface area (Å²) in [7, 11) is 0. The molecule has 7 rings (SSSR count). The van der Waals surface area contributed by atoms with Gasteiger partial charge in [0.1, 0.15) is 22.9 Å². The van der Waals surface area contributed by atoms with Gasteiger partial charge >= 0.3 is 6.15 Å². The zero-order valence-corrected chi connectivity index (χ0v) is 33.5. The number of carbonyl (C=O) groups excluding carboxylic acids is 4. The fourth-order valence-electron chi connectivity index (χ4n) is 6.54. The number of amides is 1. The number of thiocarbonyl (C=S) groups is 1. The standard InChI is InChI=1S/C42H39N9O6S.CO2/c1-23-18-26(10-13-31(23)36-32-14-11-29(53)19-34(32)57-35-20-30(54)12-15-33(35)36)49-42(58)45-17-3-5-28(52)4-2-16-44-39(55)24-6-8-25(9-7-24)46-21-27-22-47-38-37(48-27)40(56)51-41(43)50-38;2-1-3/h6-15,18-20,22,46,53H,2-5,16-17,21H2,1H3,(H,44,55)(H2,45,49,58)(H3,43,47,50,51,56);. The molecule has 0 unspecified atom stereocenters. The number of nitrogens with one attached hydrogen (secondary N) is 5. The molecule has 8 N–H and O–H groups in total. The molecule has 310 valence electrons. The van der Waals surface area contributed by atoms with Gasteiger partial charge in [-0.15, -0.1) is 0 Å². The molecule has 3 aromatic carbocycles. The number of aromatic nitrogens is 4. The second-order valence-electron chi connectivity index (χ2n) is 13.7. The Bertz CT molecular complexity index is 2870. The predicted octanol–water partition coefficient (Wildman–Crippen LogP) is 5.06. The maximum Gasteiger partial charge on any atom is 0.373 e. The van der Waals surface area contributed by atoms with Crippen LogP contribution >= 0.6 is 12.2 Å². The van der Waals surface area contributed by atoms with Gasteiger partial charge in [-0.2, -0.15) is 14.6 Å². The molecule has 0 bridgehead atoms. The van der Waals surface area contributed by atoms with Crippen molar-refractivity contribution in [2.24, 2.45) is 0 Å². The highest BCUT2D eigenvalue weighted by Gasteiger charge is 2.19. The number of fused-ring (bicyclic) bond motifs is 3. The quantitative estimate of drug-likeness (QED) is 0.0428. The number of aryl methyl sites for hydroxylation is 1. The van der Waals surface area contributed by atoms with Crippen molar-refractivity contribution in [3.63, 3.8) is 0 Å². The molecule has 0 radical (unpaired) electrons. The van der Waals surface area contributed by atoms with Crippen LogP contribution in [0.4, 0.5) is 17.3 Å². The number of phenols is 1.